The molecule has 2 rings (SSSR count). The van der Waals surface area contributed by atoms with Gasteiger partial charge in [-0.15, -0.1) is 0 Å². The van der Waals surface area contributed by atoms with Gasteiger partial charge in [-0.1, -0.05) is 24.3 Å². The summed E-state index contributed by atoms with van der Waals surface area (Å²) in [6, 6.07) is 12.2. The first-order valence-corrected chi connectivity index (χ1v) is 5.47. The molecule has 1 aromatic carbocycles. The molecule has 1 heterocycles. The molecule has 1 aromatic heterocycles. The summed E-state index contributed by atoms with van der Waals surface area (Å²) in [5.41, 5.74) is 1.67. The minimum atomic E-state index is -0.964. The van der Waals surface area contributed by atoms with Gasteiger partial charge in [0, 0.05) is 17.5 Å². The predicted molar refractivity (Wildman–Crippen MR) is 69.6 cm³/mol. The molecule has 4 nitrogen and oxygen atoms in total. The Morgan fingerprint density at radius 3 is 2.72 bits per heavy atom. The van der Waals surface area contributed by atoms with Gasteiger partial charge >= 0.3 is 5.97 Å². The molecule has 0 unspecified atom stereocenters. The van der Waals surface area contributed by atoms with E-state index in [1.54, 1.807) is 30.3 Å². The van der Waals surface area contributed by atoms with E-state index >= 15 is 0 Å². The molecule has 18 heavy (non-hydrogen) atoms. The van der Waals surface area contributed by atoms with Crippen molar-refractivity contribution in [3.63, 3.8) is 0 Å². The second kappa shape index (κ2) is 5.23. The molecule has 0 aliphatic carbocycles. The van der Waals surface area contributed by atoms with Crippen molar-refractivity contribution in [2.24, 2.45) is 4.99 Å². The first-order chi connectivity index (χ1) is 8.66. The number of carboxylic acids is 1. The number of pyridine rings is 1. The fraction of sp³-hybridized carbons (Fsp3) is 0.0714. The Bertz CT molecular complexity index is 606. The van der Waals surface area contributed by atoms with Crippen LogP contribution in [0.5, 0.6) is 0 Å². The summed E-state index contributed by atoms with van der Waals surface area (Å²) < 4.78 is 0. The zero-order valence-electron chi connectivity index (χ0n) is 9.87. The number of aliphatic imine (C=N–C) groups is 1. The molecule has 0 saturated carbocycles. The van der Waals surface area contributed by atoms with Crippen LogP contribution in [0.4, 0.5) is 5.82 Å². The fourth-order valence-corrected chi connectivity index (χ4v) is 1.54. The zero-order chi connectivity index (χ0) is 13.0. The molecule has 0 spiro atoms. The van der Waals surface area contributed by atoms with Crippen molar-refractivity contribution in [3.05, 3.63) is 59.3 Å². The van der Waals surface area contributed by atoms with Gasteiger partial charge in [-0.05, 0) is 25.1 Å². The van der Waals surface area contributed by atoms with Crippen LogP contribution in [-0.2, 0) is 0 Å². The number of rotatable bonds is 3. The minimum absolute atomic E-state index is 0.230. The fourth-order valence-electron chi connectivity index (χ4n) is 1.54. The van der Waals surface area contributed by atoms with Crippen molar-refractivity contribution in [1.82, 2.24) is 4.98 Å². The second-order valence-electron chi connectivity index (χ2n) is 3.79. The Morgan fingerprint density at radius 2 is 2.00 bits per heavy atom. The Kier molecular flexibility index (Phi) is 3.48. The number of hydrogen-bond acceptors (Lipinski definition) is 3. The third kappa shape index (κ3) is 2.79. The largest absolute Gasteiger partial charge is 0.478 e. The maximum Gasteiger partial charge on any atom is 0.336 e. The molecule has 1 N–H and O–H groups in total. The lowest BCUT2D eigenvalue weighted by molar-refractivity contribution is 0.0697. The van der Waals surface area contributed by atoms with Gasteiger partial charge in [0.1, 0.15) is 0 Å². The average molecular weight is 240 g/mol. The summed E-state index contributed by atoms with van der Waals surface area (Å²) >= 11 is 0. The Morgan fingerprint density at radius 1 is 1.22 bits per heavy atom. The standard InChI is InChI=1S/C14H12N2O2/c1-10-5-4-8-13(16-10)15-9-11-6-2-3-7-12(11)14(17)18/h2-9H,1H3,(H,17,18)/b15-9+. The molecule has 0 radical (unpaired) electrons. The summed E-state index contributed by atoms with van der Waals surface area (Å²) in [7, 11) is 0. The molecule has 2 aromatic rings. The van der Waals surface area contributed by atoms with Gasteiger partial charge in [0.25, 0.3) is 0 Å². The van der Waals surface area contributed by atoms with Crippen LogP contribution in [0.3, 0.4) is 0 Å². The van der Waals surface area contributed by atoms with Crippen molar-refractivity contribution in [2.75, 3.05) is 0 Å². The summed E-state index contributed by atoms with van der Waals surface area (Å²) in [6.45, 7) is 1.88. The van der Waals surface area contributed by atoms with E-state index in [4.69, 9.17) is 5.11 Å². The average Bonchev–Trinajstić information content (AvgIpc) is 2.37. The van der Waals surface area contributed by atoms with E-state index in [9.17, 15) is 4.79 Å². The van der Waals surface area contributed by atoms with Gasteiger partial charge in [0.05, 0.1) is 5.56 Å². The topological polar surface area (TPSA) is 62.5 Å². The molecule has 0 amide bonds. The van der Waals surface area contributed by atoms with E-state index in [1.165, 1.54) is 6.21 Å². The van der Waals surface area contributed by atoms with Crippen LogP contribution < -0.4 is 0 Å². The maximum atomic E-state index is 11.0. The molecule has 0 atom stereocenters. The van der Waals surface area contributed by atoms with Gasteiger partial charge in [-0.2, -0.15) is 0 Å². The van der Waals surface area contributed by atoms with E-state index in [1.807, 2.05) is 19.1 Å². The van der Waals surface area contributed by atoms with Gasteiger partial charge in [-0.3, -0.25) is 0 Å². The maximum absolute atomic E-state index is 11.0. The van der Waals surface area contributed by atoms with E-state index in [0.29, 0.717) is 11.4 Å². The third-order valence-corrected chi connectivity index (χ3v) is 2.40. The molecule has 0 saturated heterocycles. The molecular weight excluding hydrogens is 228 g/mol. The zero-order valence-corrected chi connectivity index (χ0v) is 9.87. The second-order valence-corrected chi connectivity index (χ2v) is 3.79. The number of aryl methyl sites for hydroxylation is 1. The molecule has 0 aliphatic heterocycles. The first kappa shape index (κ1) is 12.0. The van der Waals surface area contributed by atoms with Crippen LogP contribution in [0, 0.1) is 6.92 Å². The highest BCUT2D eigenvalue weighted by molar-refractivity contribution is 5.98. The molecule has 0 aliphatic rings. The molecule has 0 bridgehead atoms. The Balaban J connectivity index is 2.32. The smallest absolute Gasteiger partial charge is 0.336 e. The number of carbonyl (C=O) groups is 1. The summed E-state index contributed by atoms with van der Waals surface area (Å²) in [4.78, 5) is 19.4. The minimum Gasteiger partial charge on any atom is -0.478 e. The highest BCUT2D eigenvalue weighted by Gasteiger charge is 2.06. The molecular formula is C14H12N2O2. The number of aromatic nitrogens is 1. The number of hydrogen-bond donors (Lipinski definition) is 1. The Labute approximate surface area is 105 Å². The van der Waals surface area contributed by atoms with Gasteiger partial charge in [0.2, 0.25) is 0 Å². The highest BCUT2D eigenvalue weighted by Crippen LogP contribution is 2.10. The van der Waals surface area contributed by atoms with E-state index in [2.05, 4.69) is 9.98 Å². The van der Waals surface area contributed by atoms with E-state index in [0.717, 1.165) is 5.69 Å². The number of benzene rings is 1. The van der Waals surface area contributed by atoms with E-state index in [-0.39, 0.29) is 5.56 Å². The lowest BCUT2D eigenvalue weighted by atomic mass is 10.1. The summed E-state index contributed by atoms with van der Waals surface area (Å²) in [5, 5.41) is 9.03. The SMILES string of the molecule is Cc1cccc(/N=C/c2ccccc2C(=O)O)n1. The summed E-state index contributed by atoms with van der Waals surface area (Å²) in [6.07, 6.45) is 1.52. The van der Waals surface area contributed by atoms with Crippen molar-refractivity contribution in [3.8, 4) is 0 Å². The van der Waals surface area contributed by atoms with Crippen LogP contribution in [0.15, 0.2) is 47.5 Å². The van der Waals surface area contributed by atoms with Crippen LogP contribution in [0.25, 0.3) is 0 Å². The van der Waals surface area contributed by atoms with Crippen LogP contribution in [0.2, 0.25) is 0 Å². The summed E-state index contributed by atoms with van der Waals surface area (Å²) in [5.74, 6) is -0.399. The van der Waals surface area contributed by atoms with Gasteiger partial charge < -0.3 is 5.11 Å². The number of aromatic carboxylic acids is 1. The normalized spacial score (nSPS) is 10.7. The van der Waals surface area contributed by atoms with Crippen LogP contribution in [-0.4, -0.2) is 22.3 Å². The first-order valence-electron chi connectivity index (χ1n) is 5.47. The number of nitrogens with zero attached hydrogens (tertiary/aromatic N) is 2. The van der Waals surface area contributed by atoms with E-state index < -0.39 is 5.97 Å². The molecule has 0 fully saturated rings. The van der Waals surface area contributed by atoms with Crippen molar-refractivity contribution in [2.45, 2.75) is 6.92 Å². The molecule has 90 valence electrons. The van der Waals surface area contributed by atoms with Gasteiger partial charge in [0.15, 0.2) is 5.82 Å². The third-order valence-electron chi connectivity index (χ3n) is 2.40. The monoisotopic (exact) mass is 240 g/mol. The van der Waals surface area contributed by atoms with Crippen LogP contribution >= 0.6 is 0 Å². The molecule has 4 heteroatoms. The van der Waals surface area contributed by atoms with Crippen molar-refractivity contribution in [1.29, 1.82) is 0 Å². The predicted octanol–water partition coefficient (Wildman–Crippen LogP) is 2.84. The van der Waals surface area contributed by atoms with Crippen molar-refractivity contribution >= 4 is 18.0 Å². The lowest BCUT2D eigenvalue weighted by Gasteiger charge is -1.99. The lowest BCUT2D eigenvalue weighted by Crippen LogP contribution is -2.01. The quantitative estimate of drug-likeness (QED) is 0.839. The van der Waals surface area contributed by atoms with Crippen molar-refractivity contribution < 1.29 is 9.90 Å². The van der Waals surface area contributed by atoms with Gasteiger partial charge in [-0.25, -0.2) is 14.8 Å². The highest BCUT2D eigenvalue weighted by atomic mass is 16.4. The number of carboxylic acid groups (broad SMARTS) is 1. The Hall–Kier alpha value is -2.49. The van der Waals surface area contributed by atoms with Crippen LogP contribution in [0.1, 0.15) is 21.6 Å².